The monoisotopic (exact) mass is 347 g/mol. The maximum atomic E-state index is 12.0. The summed E-state index contributed by atoms with van der Waals surface area (Å²) < 4.78 is 11.3. The fraction of sp³-hybridized carbons (Fsp3) is 0.412. The summed E-state index contributed by atoms with van der Waals surface area (Å²) in [4.78, 5) is 17.1. The Labute approximate surface area is 145 Å². The van der Waals surface area contributed by atoms with Crippen LogP contribution in [0.25, 0.3) is 0 Å². The number of nitrogens with one attached hydrogen (secondary N) is 1. The van der Waals surface area contributed by atoms with Gasteiger partial charge in [0.1, 0.15) is 5.82 Å². The minimum Gasteiger partial charge on any atom is -0.493 e. The fourth-order valence-corrected chi connectivity index (χ4v) is 3.60. The quantitative estimate of drug-likeness (QED) is 0.867. The molecule has 1 aliphatic heterocycles. The molecule has 1 atom stereocenters. The molecule has 6 nitrogen and oxygen atoms in total. The third-order valence-electron chi connectivity index (χ3n) is 3.80. The molecule has 1 amide bonds. The molecule has 1 aromatic carbocycles. The van der Waals surface area contributed by atoms with E-state index in [0.717, 1.165) is 10.4 Å². The minimum absolute atomic E-state index is 0.0584. The van der Waals surface area contributed by atoms with Crippen LogP contribution in [0.4, 0.5) is 10.9 Å². The molecule has 0 bridgehead atoms. The van der Waals surface area contributed by atoms with Crippen LogP contribution in [0.2, 0.25) is 0 Å². The molecule has 1 unspecified atom stereocenters. The van der Waals surface area contributed by atoms with Crippen LogP contribution in [0.1, 0.15) is 36.6 Å². The Balaban J connectivity index is 1.93. The highest BCUT2D eigenvalue weighted by molar-refractivity contribution is 7.16. The Kier molecular flexibility index (Phi) is 4.62. The van der Waals surface area contributed by atoms with Gasteiger partial charge in [-0.15, -0.1) is 0 Å². The Morgan fingerprint density at radius 2 is 2.21 bits per heavy atom. The van der Waals surface area contributed by atoms with E-state index in [4.69, 9.17) is 15.2 Å². The lowest BCUT2D eigenvalue weighted by Gasteiger charge is -2.22. The van der Waals surface area contributed by atoms with Crippen molar-refractivity contribution in [3.05, 3.63) is 28.6 Å². The summed E-state index contributed by atoms with van der Waals surface area (Å²) in [6, 6.07) is 5.80. The molecule has 7 heteroatoms. The van der Waals surface area contributed by atoms with Gasteiger partial charge in [-0.05, 0) is 23.6 Å². The molecule has 128 valence electrons. The van der Waals surface area contributed by atoms with Crippen molar-refractivity contribution >= 4 is 28.2 Å². The number of anilines is 2. The second kappa shape index (κ2) is 6.68. The summed E-state index contributed by atoms with van der Waals surface area (Å²) in [6.45, 7) is 4.81. The number of rotatable bonds is 5. The van der Waals surface area contributed by atoms with Crippen molar-refractivity contribution in [3.63, 3.8) is 0 Å². The molecule has 2 aromatic rings. The smallest absolute Gasteiger partial charge is 0.226 e. The van der Waals surface area contributed by atoms with E-state index in [2.05, 4.69) is 24.1 Å². The van der Waals surface area contributed by atoms with Gasteiger partial charge in [-0.25, -0.2) is 4.98 Å². The van der Waals surface area contributed by atoms with Crippen molar-refractivity contribution in [1.82, 2.24) is 4.98 Å². The number of amides is 1. The molecule has 0 saturated carbocycles. The predicted molar refractivity (Wildman–Crippen MR) is 94.9 cm³/mol. The number of thiazole rings is 1. The van der Waals surface area contributed by atoms with Crippen LogP contribution in [-0.2, 0) is 4.79 Å². The van der Waals surface area contributed by atoms with Crippen molar-refractivity contribution in [2.45, 2.75) is 26.2 Å². The van der Waals surface area contributed by atoms with E-state index in [0.29, 0.717) is 41.4 Å². The van der Waals surface area contributed by atoms with Crippen LogP contribution in [0.3, 0.4) is 0 Å². The average Bonchev–Trinajstić information content (AvgIpc) is 2.91. The summed E-state index contributed by atoms with van der Waals surface area (Å²) in [5, 5.41) is 3.23. The first-order valence-corrected chi connectivity index (χ1v) is 8.66. The maximum Gasteiger partial charge on any atom is 0.226 e. The number of benzene rings is 1. The van der Waals surface area contributed by atoms with Crippen LogP contribution in [0, 0.1) is 5.92 Å². The van der Waals surface area contributed by atoms with Crippen molar-refractivity contribution in [3.8, 4) is 11.5 Å². The number of nitrogens with zero attached hydrogens (tertiary/aromatic N) is 1. The van der Waals surface area contributed by atoms with E-state index in [1.54, 1.807) is 7.11 Å². The Hall–Kier alpha value is -2.28. The standard InChI is InChI=1S/C17H21N3O3S/c1-9(2)8-23-12-5-4-10(6-13(12)22-3)11-7-14(21)19-16-15(11)24-17(18)20-16/h4-6,9,11H,7-8H2,1-3H3,(H2,18,20)(H,19,21). The summed E-state index contributed by atoms with van der Waals surface area (Å²) in [7, 11) is 1.62. The van der Waals surface area contributed by atoms with Crippen LogP contribution in [0.15, 0.2) is 18.2 Å². The van der Waals surface area contributed by atoms with Crippen LogP contribution in [-0.4, -0.2) is 24.6 Å². The molecular weight excluding hydrogens is 326 g/mol. The molecule has 0 aliphatic carbocycles. The number of nitrogen functional groups attached to an aromatic ring is 1. The summed E-state index contributed by atoms with van der Waals surface area (Å²) in [6.07, 6.45) is 0.365. The SMILES string of the molecule is COc1cc(C2CC(=O)Nc3nc(N)sc32)ccc1OCC(C)C. The minimum atomic E-state index is -0.0726. The Bertz CT molecular complexity index is 758. The lowest BCUT2D eigenvalue weighted by Crippen LogP contribution is -2.22. The van der Waals surface area contributed by atoms with Crippen molar-refractivity contribution < 1.29 is 14.3 Å². The van der Waals surface area contributed by atoms with Gasteiger partial charge in [-0.2, -0.15) is 0 Å². The first kappa shape index (κ1) is 16.6. The summed E-state index contributed by atoms with van der Waals surface area (Å²) >= 11 is 1.41. The first-order chi connectivity index (χ1) is 11.5. The van der Waals surface area contributed by atoms with Gasteiger partial charge < -0.3 is 20.5 Å². The molecule has 24 heavy (non-hydrogen) atoms. The molecule has 0 fully saturated rings. The predicted octanol–water partition coefficient (Wildman–Crippen LogP) is 3.24. The highest BCUT2D eigenvalue weighted by Crippen LogP contribution is 2.43. The number of fused-ring (bicyclic) bond motifs is 1. The number of hydrogen-bond acceptors (Lipinski definition) is 6. The first-order valence-electron chi connectivity index (χ1n) is 7.84. The van der Waals surface area contributed by atoms with E-state index in [-0.39, 0.29) is 11.8 Å². The number of aromatic nitrogens is 1. The number of hydrogen-bond donors (Lipinski definition) is 2. The summed E-state index contributed by atoms with van der Waals surface area (Å²) in [5.41, 5.74) is 6.79. The van der Waals surface area contributed by atoms with E-state index >= 15 is 0 Å². The zero-order valence-corrected chi connectivity index (χ0v) is 14.8. The van der Waals surface area contributed by atoms with E-state index in [1.807, 2.05) is 18.2 Å². The van der Waals surface area contributed by atoms with Crippen LogP contribution in [0.5, 0.6) is 11.5 Å². The molecule has 2 heterocycles. The van der Waals surface area contributed by atoms with Gasteiger partial charge in [0.2, 0.25) is 5.91 Å². The molecule has 0 spiro atoms. The molecule has 3 rings (SSSR count). The Morgan fingerprint density at radius 1 is 1.42 bits per heavy atom. The normalized spacial score (nSPS) is 16.7. The van der Waals surface area contributed by atoms with Crippen LogP contribution >= 0.6 is 11.3 Å². The van der Waals surface area contributed by atoms with E-state index < -0.39 is 0 Å². The van der Waals surface area contributed by atoms with Gasteiger partial charge in [0, 0.05) is 12.3 Å². The number of ether oxygens (including phenoxy) is 2. The van der Waals surface area contributed by atoms with Gasteiger partial charge in [0.05, 0.1) is 18.6 Å². The third kappa shape index (κ3) is 3.31. The highest BCUT2D eigenvalue weighted by Gasteiger charge is 2.30. The molecule has 1 aromatic heterocycles. The zero-order chi connectivity index (χ0) is 17.3. The lowest BCUT2D eigenvalue weighted by molar-refractivity contribution is -0.116. The number of nitrogens with two attached hydrogens (primary N) is 1. The van der Waals surface area contributed by atoms with Gasteiger partial charge in [0.25, 0.3) is 0 Å². The summed E-state index contributed by atoms with van der Waals surface area (Å²) in [5.74, 6) is 2.24. The van der Waals surface area contributed by atoms with Crippen molar-refractivity contribution in [2.24, 2.45) is 5.92 Å². The van der Waals surface area contributed by atoms with Crippen LogP contribution < -0.4 is 20.5 Å². The second-order valence-electron chi connectivity index (χ2n) is 6.18. The van der Waals surface area contributed by atoms with Gasteiger partial charge in [-0.1, -0.05) is 31.3 Å². The maximum absolute atomic E-state index is 12.0. The fourth-order valence-electron chi connectivity index (χ4n) is 2.68. The van der Waals surface area contributed by atoms with Gasteiger partial charge in [0.15, 0.2) is 16.6 Å². The molecule has 1 aliphatic rings. The van der Waals surface area contributed by atoms with Crippen molar-refractivity contribution in [1.29, 1.82) is 0 Å². The third-order valence-corrected chi connectivity index (χ3v) is 4.79. The average molecular weight is 347 g/mol. The topological polar surface area (TPSA) is 86.5 Å². The Morgan fingerprint density at radius 3 is 2.92 bits per heavy atom. The highest BCUT2D eigenvalue weighted by atomic mass is 32.1. The molecular formula is C17H21N3O3S. The number of methoxy groups -OCH3 is 1. The largest absolute Gasteiger partial charge is 0.493 e. The second-order valence-corrected chi connectivity index (χ2v) is 7.25. The number of carbonyl (C=O) groups is 1. The number of carbonyl (C=O) groups excluding carboxylic acids is 1. The zero-order valence-electron chi connectivity index (χ0n) is 14.0. The molecule has 3 N–H and O–H groups in total. The van der Waals surface area contributed by atoms with E-state index in [9.17, 15) is 4.79 Å². The lowest BCUT2D eigenvalue weighted by atomic mass is 9.91. The molecule has 0 radical (unpaired) electrons. The van der Waals surface area contributed by atoms with Gasteiger partial charge >= 0.3 is 0 Å². The van der Waals surface area contributed by atoms with E-state index in [1.165, 1.54) is 11.3 Å². The van der Waals surface area contributed by atoms with Crippen molar-refractivity contribution in [2.75, 3.05) is 24.8 Å². The molecule has 0 saturated heterocycles. The van der Waals surface area contributed by atoms with Gasteiger partial charge in [-0.3, -0.25) is 4.79 Å².